The first-order chi connectivity index (χ1) is 9.50. The summed E-state index contributed by atoms with van der Waals surface area (Å²) < 4.78 is 2.98. The first-order valence-electron chi connectivity index (χ1n) is 6.04. The standard InChI is InChI=1S/C14H12BrClN4/c1-7-8(2)20(11-5-9(16)3-4-10(11)15)14-12(7)13(17)18-6-19-14/h3-6H,1-2H3,(H2,17,18,19). The zero-order valence-corrected chi connectivity index (χ0v) is 13.3. The third kappa shape index (κ3) is 1.89. The van der Waals surface area contributed by atoms with Crippen molar-refractivity contribution in [1.29, 1.82) is 0 Å². The molecule has 0 aliphatic heterocycles. The van der Waals surface area contributed by atoms with E-state index in [1.54, 1.807) is 0 Å². The van der Waals surface area contributed by atoms with Crippen LogP contribution >= 0.6 is 27.5 Å². The maximum absolute atomic E-state index is 6.12. The van der Waals surface area contributed by atoms with Crippen LogP contribution in [0, 0.1) is 13.8 Å². The monoisotopic (exact) mass is 350 g/mol. The van der Waals surface area contributed by atoms with Crippen molar-refractivity contribution in [3.05, 3.63) is 45.3 Å². The topological polar surface area (TPSA) is 56.7 Å². The van der Waals surface area contributed by atoms with Crippen molar-refractivity contribution in [3.63, 3.8) is 0 Å². The Morgan fingerprint density at radius 2 is 2.00 bits per heavy atom. The summed E-state index contributed by atoms with van der Waals surface area (Å²) in [5.74, 6) is 0.493. The van der Waals surface area contributed by atoms with Gasteiger partial charge in [0.15, 0.2) is 5.65 Å². The zero-order valence-electron chi connectivity index (χ0n) is 11.0. The number of anilines is 1. The Hall–Kier alpha value is -1.59. The summed E-state index contributed by atoms with van der Waals surface area (Å²) in [6, 6.07) is 5.66. The van der Waals surface area contributed by atoms with Gasteiger partial charge in [0.1, 0.15) is 12.1 Å². The van der Waals surface area contributed by atoms with E-state index < -0.39 is 0 Å². The minimum atomic E-state index is 0.493. The highest BCUT2D eigenvalue weighted by Crippen LogP contribution is 2.33. The lowest BCUT2D eigenvalue weighted by molar-refractivity contribution is 1.01. The summed E-state index contributed by atoms with van der Waals surface area (Å²) in [5, 5.41) is 1.56. The number of aryl methyl sites for hydroxylation is 1. The van der Waals surface area contributed by atoms with Crippen LogP contribution in [0.3, 0.4) is 0 Å². The summed E-state index contributed by atoms with van der Waals surface area (Å²) >= 11 is 9.68. The van der Waals surface area contributed by atoms with Crippen molar-refractivity contribution < 1.29 is 0 Å². The van der Waals surface area contributed by atoms with Crippen molar-refractivity contribution in [1.82, 2.24) is 14.5 Å². The normalized spacial score (nSPS) is 11.2. The van der Waals surface area contributed by atoms with Gasteiger partial charge in [0.2, 0.25) is 0 Å². The Balaban J connectivity index is 2.46. The third-order valence-electron chi connectivity index (χ3n) is 3.47. The van der Waals surface area contributed by atoms with Gasteiger partial charge in [-0.1, -0.05) is 11.6 Å². The number of nitrogens with zero attached hydrogens (tertiary/aromatic N) is 3. The average molecular weight is 352 g/mol. The number of hydrogen-bond donors (Lipinski definition) is 1. The molecule has 0 fully saturated rings. The number of benzene rings is 1. The number of aromatic nitrogens is 3. The molecule has 0 aliphatic carbocycles. The number of fused-ring (bicyclic) bond motifs is 1. The summed E-state index contributed by atoms with van der Waals surface area (Å²) in [6.45, 7) is 4.05. The molecular weight excluding hydrogens is 340 g/mol. The van der Waals surface area contributed by atoms with Gasteiger partial charge in [-0.25, -0.2) is 9.97 Å². The van der Waals surface area contributed by atoms with Crippen molar-refractivity contribution in [2.24, 2.45) is 0 Å². The molecule has 0 amide bonds. The van der Waals surface area contributed by atoms with E-state index in [-0.39, 0.29) is 0 Å². The molecule has 1 aromatic carbocycles. The van der Waals surface area contributed by atoms with Crippen LogP contribution in [0.25, 0.3) is 16.7 Å². The molecule has 0 radical (unpaired) electrons. The summed E-state index contributed by atoms with van der Waals surface area (Å²) in [6.07, 6.45) is 1.48. The third-order valence-corrected chi connectivity index (χ3v) is 4.38. The Kier molecular flexibility index (Phi) is 3.18. The molecular formula is C14H12BrClN4. The van der Waals surface area contributed by atoms with E-state index in [0.717, 1.165) is 32.5 Å². The molecule has 6 heteroatoms. The molecule has 2 N–H and O–H groups in total. The maximum atomic E-state index is 6.12. The van der Waals surface area contributed by atoms with E-state index in [1.807, 2.05) is 36.6 Å². The minimum absolute atomic E-state index is 0.493. The van der Waals surface area contributed by atoms with Gasteiger partial charge in [-0.05, 0) is 53.5 Å². The molecule has 3 aromatic rings. The highest BCUT2D eigenvalue weighted by atomic mass is 79.9. The fraction of sp³-hybridized carbons (Fsp3) is 0.143. The van der Waals surface area contributed by atoms with Crippen LogP contribution in [0.15, 0.2) is 29.0 Å². The number of nitrogens with two attached hydrogens (primary N) is 1. The number of hydrogen-bond acceptors (Lipinski definition) is 3. The van der Waals surface area contributed by atoms with Gasteiger partial charge in [-0.15, -0.1) is 0 Å². The first-order valence-corrected chi connectivity index (χ1v) is 7.21. The largest absolute Gasteiger partial charge is 0.383 e. The molecule has 0 saturated heterocycles. The van der Waals surface area contributed by atoms with Crippen LogP contribution in [-0.4, -0.2) is 14.5 Å². The molecule has 102 valence electrons. The second kappa shape index (κ2) is 4.75. The van der Waals surface area contributed by atoms with Crippen LogP contribution in [0.5, 0.6) is 0 Å². The minimum Gasteiger partial charge on any atom is -0.383 e. The number of rotatable bonds is 1. The van der Waals surface area contributed by atoms with E-state index in [4.69, 9.17) is 17.3 Å². The van der Waals surface area contributed by atoms with Crippen LogP contribution in [0.4, 0.5) is 5.82 Å². The molecule has 2 heterocycles. The van der Waals surface area contributed by atoms with E-state index >= 15 is 0 Å². The summed E-state index contributed by atoms with van der Waals surface area (Å²) in [5.41, 5.74) is 9.85. The molecule has 2 aromatic heterocycles. The van der Waals surface area contributed by atoms with Crippen LogP contribution < -0.4 is 5.73 Å². The second-order valence-corrected chi connectivity index (χ2v) is 5.89. The fourth-order valence-electron chi connectivity index (χ4n) is 2.38. The average Bonchev–Trinajstić information content (AvgIpc) is 2.66. The zero-order chi connectivity index (χ0) is 14.4. The molecule has 0 spiro atoms. The highest BCUT2D eigenvalue weighted by Gasteiger charge is 2.17. The van der Waals surface area contributed by atoms with Crippen LogP contribution in [-0.2, 0) is 0 Å². The SMILES string of the molecule is Cc1c(C)n(-c2cc(Cl)ccc2Br)c2ncnc(N)c12. The Morgan fingerprint density at radius 1 is 1.25 bits per heavy atom. The van der Waals surface area contributed by atoms with Crippen LogP contribution in [0.2, 0.25) is 5.02 Å². The highest BCUT2D eigenvalue weighted by molar-refractivity contribution is 9.10. The van der Waals surface area contributed by atoms with Crippen molar-refractivity contribution in [2.45, 2.75) is 13.8 Å². The van der Waals surface area contributed by atoms with Gasteiger partial charge in [0, 0.05) is 15.2 Å². The molecule has 0 atom stereocenters. The molecule has 4 nitrogen and oxygen atoms in total. The van der Waals surface area contributed by atoms with Crippen molar-refractivity contribution in [3.8, 4) is 5.69 Å². The molecule has 0 unspecified atom stereocenters. The van der Waals surface area contributed by atoms with E-state index in [9.17, 15) is 0 Å². The summed E-state index contributed by atoms with van der Waals surface area (Å²) in [4.78, 5) is 8.45. The Morgan fingerprint density at radius 3 is 2.75 bits per heavy atom. The van der Waals surface area contributed by atoms with Gasteiger partial charge >= 0.3 is 0 Å². The van der Waals surface area contributed by atoms with Crippen LogP contribution in [0.1, 0.15) is 11.3 Å². The second-order valence-electron chi connectivity index (χ2n) is 4.60. The lowest BCUT2D eigenvalue weighted by Crippen LogP contribution is -2.00. The maximum Gasteiger partial charge on any atom is 0.150 e. The fourth-order valence-corrected chi connectivity index (χ4v) is 2.97. The lowest BCUT2D eigenvalue weighted by atomic mass is 10.2. The first kappa shape index (κ1) is 13.4. The number of nitrogen functional groups attached to an aromatic ring is 1. The Bertz CT molecular complexity index is 826. The molecule has 3 rings (SSSR count). The van der Waals surface area contributed by atoms with Gasteiger partial charge in [-0.2, -0.15) is 0 Å². The predicted octanol–water partition coefficient (Wildman–Crippen LogP) is 4.04. The molecule has 0 bridgehead atoms. The van der Waals surface area contributed by atoms with E-state index in [1.165, 1.54) is 6.33 Å². The van der Waals surface area contributed by atoms with Gasteiger partial charge < -0.3 is 5.73 Å². The van der Waals surface area contributed by atoms with E-state index in [2.05, 4.69) is 25.9 Å². The van der Waals surface area contributed by atoms with Gasteiger partial charge in [-0.3, -0.25) is 4.57 Å². The lowest BCUT2D eigenvalue weighted by Gasteiger charge is -2.10. The number of halogens is 2. The molecule has 20 heavy (non-hydrogen) atoms. The van der Waals surface area contributed by atoms with Gasteiger partial charge in [0.25, 0.3) is 0 Å². The Labute approximate surface area is 129 Å². The van der Waals surface area contributed by atoms with Gasteiger partial charge in [0.05, 0.1) is 11.1 Å². The van der Waals surface area contributed by atoms with Crippen molar-refractivity contribution >= 4 is 44.4 Å². The van der Waals surface area contributed by atoms with E-state index in [0.29, 0.717) is 10.8 Å². The smallest absolute Gasteiger partial charge is 0.150 e. The summed E-state index contributed by atoms with van der Waals surface area (Å²) in [7, 11) is 0. The molecule has 0 saturated carbocycles. The van der Waals surface area contributed by atoms with Crippen molar-refractivity contribution in [2.75, 3.05) is 5.73 Å². The molecule has 0 aliphatic rings. The quantitative estimate of drug-likeness (QED) is 0.720. The predicted molar refractivity (Wildman–Crippen MR) is 85.5 cm³/mol.